The van der Waals surface area contributed by atoms with Crippen LogP contribution in [-0.2, 0) is 11.3 Å². The molecule has 0 aliphatic carbocycles. The number of benzene rings is 2. The molecule has 3 amide bonds. The van der Waals surface area contributed by atoms with Gasteiger partial charge in [0.1, 0.15) is 10.6 Å². The highest BCUT2D eigenvalue weighted by atomic mass is 32.2. The second-order valence-electron chi connectivity index (χ2n) is 7.22. The van der Waals surface area contributed by atoms with Crippen LogP contribution in [0, 0.1) is 5.82 Å². The van der Waals surface area contributed by atoms with Gasteiger partial charge < -0.3 is 5.73 Å². The van der Waals surface area contributed by atoms with Gasteiger partial charge in [-0.2, -0.15) is 0 Å². The summed E-state index contributed by atoms with van der Waals surface area (Å²) in [7, 11) is 0. The van der Waals surface area contributed by atoms with E-state index in [9.17, 15) is 18.8 Å². The van der Waals surface area contributed by atoms with E-state index >= 15 is 0 Å². The Balaban J connectivity index is 1.83. The Bertz CT molecular complexity index is 1380. The number of nitrogens with two attached hydrogens (primary N) is 1. The normalized spacial score (nSPS) is 11.9. The van der Waals surface area contributed by atoms with Crippen LogP contribution in [0.5, 0.6) is 0 Å². The van der Waals surface area contributed by atoms with Crippen molar-refractivity contribution < 1.29 is 14.0 Å². The molecule has 4 aromatic rings. The van der Waals surface area contributed by atoms with Gasteiger partial charge in [-0.15, -0.1) is 11.3 Å². The quantitative estimate of drug-likeness (QED) is 0.319. The molecule has 1 atom stereocenters. The van der Waals surface area contributed by atoms with Crippen LogP contribution in [-0.4, -0.2) is 26.7 Å². The smallest absolute Gasteiger partial charge is 0.318 e. The summed E-state index contributed by atoms with van der Waals surface area (Å²) >= 11 is 2.36. The molecule has 168 valence electrons. The lowest BCUT2D eigenvalue weighted by molar-refractivity contribution is -0.119. The number of hydrogen-bond donors (Lipinski definition) is 2. The number of aromatic nitrogens is 2. The number of amides is 3. The van der Waals surface area contributed by atoms with Crippen molar-refractivity contribution in [3.63, 3.8) is 0 Å². The van der Waals surface area contributed by atoms with Gasteiger partial charge in [-0.25, -0.2) is 14.2 Å². The van der Waals surface area contributed by atoms with E-state index in [1.165, 1.54) is 28.0 Å². The lowest BCUT2D eigenvalue weighted by Gasteiger charge is -2.15. The average molecular weight is 483 g/mol. The fourth-order valence-corrected chi connectivity index (χ4v) is 5.17. The fourth-order valence-electron chi connectivity index (χ4n) is 3.28. The predicted octanol–water partition coefficient (Wildman–Crippen LogP) is 3.99. The molecule has 0 fully saturated rings. The molecule has 0 spiro atoms. The van der Waals surface area contributed by atoms with Gasteiger partial charge in [0, 0.05) is 10.9 Å². The number of nitrogens with zero attached hydrogens (tertiary/aromatic N) is 2. The van der Waals surface area contributed by atoms with Crippen molar-refractivity contribution >= 4 is 45.3 Å². The van der Waals surface area contributed by atoms with Crippen LogP contribution >= 0.6 is 23.1 Å². The Labute approximate surface area is 196 Å². The largest absolute Gasteiger partial charge is 0.351 e. The van der Waals surface area contributed by atoms with Crippen molar-refractivity contribution in [2.24, 2.45) is 5.73 Å². The molecule has 10 heteroatoms. The number of thioether (sulfide) groups is 1. The first-order valence-electron chi connectivity index (χ1n) is 9.92. The minimum absolute atomic E-state index is 0.244. The monoisotopic (exact) mass is 482 g/mol. The zero-order valence-corrected chi connectivity index (χ0v) is 19.1. The molecule has 33 heavy (non-hydrogen) atoms. The molecular formula is C23H19FN4O3S2. The maximum absolute atomic E-state index is 13.7. The molecule has 0 saturated carbocycles. The number of rotatable bonds is 6. The van der Waals surface area contributed by atoms with Crippen LogP contribution in [0.2, 0.25) is 0 Å². The standard InChI is InChI=1S/C23H19FN4O3S2/c1-13(19(29)26-22(25)31)33-23-27-20-18(17(12-32-20)15-7-9-16(24)10-8-15)21(30)28(23)11-14-5-3-2-4-6-14/h2-10,12-13H,11H2,1H3,(H3,25,26,29,31). The number of nitrogens with one attached hydrogen (secondary N) is 1. The zero-order chi connectivity index (χ0) is 23.5. The van der Waals surface area contributed by atoms with Crippen LogP contribution < -0.4 is 16.6 Å². The highest BCUT2D eigenvalue weighted by molar-refractivity contribution is 8.00. The fraction of sp³-hybridized carbons (Fsp3) is 0.130. The lowest BCUT2D eigenvalue weighted by atomic mass is 10.1. The number of thiophene rings is 1. The zero-order valence-electron chi connectivity index (χ0n) is 17.4. The van der Waals surface area contributed by atoms with Crippen LogP contribution in [0.1, 0.15) is 12.5 Å². The summed E-state index contributed by atoms with van der Waals surface area (Å²) in [4.78, 5) is 42.1. The summed E-state index contributed by atoms with van der Waals surface area (Å²) in [5, 5.41) is 3.92. The van der Waals surface area contributed by atoms with E-state index in [1.807, 2.05) is 41.0 Å². The van der Waals surface area contributed by atoms with Gasteiger partial charge in [0.05, 0.1) is 17.2 Å². The van der Waals surface area contributed by atoms with Crippen molar-refractivity contribution in [2.45, 2.75) is 23.9 Å². The maximum Gasteiger partial charge on any atom is 0.318 e. The Hall–Kier alpha value is -3.50. The maximum atomic E-state index is 13.7. The SMILES string of the molecule is CC(Sc1nc2scc(-c3ccc(F)cc3)c2c(=O)n1Cc1ccccc1)C(=O)NC(N)=O. The van der Waals surface area contributed by atoms with Crippen molar-refractivity contribution in [1.82, 2.24) is 14.9 Å². The van der Waals surface area contributed by atoms with Gasteiger partial charge in [-0.1, -0.05) is 54.2 Å². The number of primary amides is 1. The van der Waals surface area contributed by atoms with Crippen LogP contribution in [0.3, 0.4) is 0 Å². The first-order valence-corrected chi connectivity index (χ1v) is 11.7. The minimum atomic E-state index is -0.945. The molecule has 2 aromatic heterocycles. The van der Waals surface area contributed by atoms with Gasteiger partial charge >= 0.3 is 6.03 Å². The third kappa shape index (κ3) is 4.96. The van der Waals surface area contributed by atoms with Crippen LogP contribution in [0.4, 0.5) is 9.18 Å². The van der Waals surface area contributed by atoms with Gasteiger partial charge in [0.15, 0.2) is 5.16 Å². The highest BCUT2D eigenvalue weighted by Gasteiger charge is 2.22. The number of halogens is 1. The molecule has 0 bridgehead atoms. The summed E-state index contributed by atoms with van der Waals surface area (Å²) in [6.45, 7) is 1.85. The molecule has 0 aliphatic rings. The summed E-state index contributed by atoms with van der Waals surface area (Å²) in [5.74, 6) is -0.939. The Morgan fingerprint density at radius 3 is 2.55 bits per heavy atom. The molecule has 0 saturated heterocycles. The average Bonchev–Trinajstić information content (AvgIpc) is 3.21. The topological polar surface area (TPSA) is 107 Å². The molecule has 2 aromatic carbocycles. The van der Waals surface area contributed by atoms with E-state index in [2.05, 4.69) is 4.98 Å². The van der Waals surface area contributed by atoms with Crippen molar-refractivity contribution in [3.8, 4) is 11.1 Å². The summed E-state index contributed by atoms with van der Waals surface area (Å²) in [6.07, 6.45) is 0. The molecule has 2 heterocycles. The Morgan fingerprint density at radius 2 is 1.88 bits per heavy atom. The second kappa shape index (κ2) is 9.55. The van der Waals surface area contributed by atoms with E-state index in [4.69, 9.17) is 5.73 Å². The van der Waals surface area contributed by atoms with E-state index in [1.54, 1.807) is 19.1 Å². The predicted molar refractivity (Wildman–Crippen MR) is 128 cm³/mol. The third-order valence-electron chi connectivity index (χ3n) is 4.90. The van der Waals surface area contributed by atoms with Gasteiger partial charge in [-0.3, -0.25) is 19.5 Å². The number of urea groups is 1. The second-order valence-corrected chi connectivity index (χ2v) is 9.39. The molecule has 0 radical (unpaired) electrons. The number of carbonyl (C=O) groups is 2. The van der Waals surface area contributed by atoms with Gasteiger partial charge in [0.25, 0.3) is 5.56 Å². The number of carbonyl (C=O) groups excluding carboxylic acids is 2. The van der Waals surface area contributed by atoms with E-state index in [0.717, 1.165) is 17.3 Å². The summed E-state index contributed by atoms with van der Waals surface area (Å²) < 4.78 is 14.9. The molecule has 4 rings (SSSR count). The van der Waals surface area contributed by atoms with Crippen molar-refractivity contribution in [1.29, 1.82) is 0 Å². The summed E-state index contributed by atoms with van der Waals surface area (Å²) in [5.41, 5.74) is 7.05. The molecule has 7 nitrogen and oxygen atoms in total. The molecule has 1 unspecified atom stereocenters. The van der Waals surface area contributed by atoms with Crippen LogP contribution in [0.25, 0.3) is 21.3 Å². The molecular weight excluding hydrogens is 463 g/mol. The first-order chi connectivity index (χ1) is 15.8. The van der Waals surface area contributed by atoms with Crippen LogP contribution in [0.15, 0.2) is 69.9 Å². The lowest BCUT2D eigenvalue weighted by Crippen LogP contribution is -2.39. The van der Waals surface area contributed by atoms with Crippen molar-refractivity contribution in [3.05, 3.63) is 81.7 Å². The van der Waals surface area contributed by atoms with E-state index in [0.29, 0.717) is 26.5 Å². The van der Waals surface area contributed by atoms with Gasteiger partial charge in [0.2, 0.25) is 5.91 Å². The third-order valence-corrected chi connectivity index (χ3v) is 6.86. The van der Waals surface area contributed by atoms with E-state index < -0.39 is 17.2 Å². The highest BCUT2D eigenvalue weighted by Crippen LogP contribution is 2.33. The van der Waals surface area contributed by atoms with E-state index in [-0.39, 0.29) is 17.9 Å². The Kier molecular flexibility index (Phi) is 6.57. The summed E-state index contributed by atoms with van der Waals surface area (Å²) in [6, 6.07) is 14.4. The number of imide groups is 1. The number of hydrogen-bond acceptors (Lipinski definition) is 6. The first kappa shape index (κ1) is 22.7. The molecule has 0 aliphatic heterocycles. The Morgan fingerprint density at radius 1 is 1.18 bits per heavy atom. The van der Waals surface area contributed by atoms with Gasteiger partial charge in [-0.05, 0) is 30.2 Å². The molecule has 3 N–H and O–H groups in total. The minimum Gasteiger partial charge on any atom is -0.351 e. The number of fused-ring (bicyclic) bond motifs is 1. The van der Waals surface area contributed by atoms with Crippen molar-refractivity contribution in [2.75, 3.05) is 0 Å².